The first-order valence-electron chi connectivity index (χ1n) is 6.29. The number of fused-ring (bicyclic) bond motifs is 1. The van der Waals surface area contributed by atoms with Crippen LogP contribution in [0.2, 0.25) is 5.02 Å². The Morgan fingerprint density at radius 2 is 2.26 bits per heavy atom. The van der Waals surface area contributed by atoms with Gasteiger partial charge in [0.2, 0.25) is 0 Å². The second kappa shape index (κ2) is 5.47. The highest BCUT2D eigenvalue weighted by Crippen LogP contribution is 2.29. The molecule has 1 atom stereocenters. The number of carbonyl (C=O) groups excluding carboxylic acids is 1. The van der Waals surface area contributed by atoms with Gasteiger partial charge in [-0.2, -0.15) is 4.99 Å². The summed E-state index contributed by atoms with van der Waals surface area (Å²) in [5.74, 6) is 0.681. The number of hydrogen-bond donors (Lipinski definition) is 0. The van der Waals surface area contributed by atoms with Crippen LogP contribution in [0.25, 0.3) is 0 Å². The Kier molecular flexibility index (Phi) is 3.71. The van der Waals surface area contributed by atoms with Crippen LogP contribution in [-0.4, -0.2) is 16.8 Å². The monoisotopic (exact) mass is 292 g/mol. The maximum Gasteiger partial charge on any atom is 0.256 e. The van der Waals surface area contributed by atoms with E-state index in [0.29, 0.717) is 5.17 Å². The summed E-state index contributed by atoms with van der Waals surface area (Å²) in [6.07, 6.45) is 2.90. The van der Waals surface area contributed by atoms with E-state index in [-0.39, 0.29) is 11.8 Å². The molecule has 1 aliphatic carbocycles. The zero-order valence-corrected chi connectivity index (χ0v) is 11.9. The Morgan fingerprint density at radius 1 is 1.37 bits per heavy atom. The summed E-state index contributed by atoms with van der Waals surface area (Å²) in [6.45, 7) is 0. The fourth-order valence-corrected chi connectivity index (χ4v) is 3.41. The molecule has 0 radical (unpaired) electrons. The summed E-state index contributed by atoms with van der Waals surface area (Å²) < 4.78 is 0. The van der Waals surface area contributed by atoms with Crippen LogP contribution >= 0.6 is 23.4 Å². The Hall–Kier alpha value is -1.13. The zero-order valence-electron chi connectivity index (χ0n) is 10.3. The van der Waals surface area contributed by atoms with E-state index in [1.807, 2.05) is 24.3 Å². The number of rotatable bonds is 2. The van der Waals surface area contributed by atoms with Crippen molar-refractivity contribution in [2.24, 2.45) is 15.9 Å². The SMILES string of the molecule is O=C1N=C(SCc2cccc(Cl)c2)N=C2CCCC12. The van der Waals surface area contributed by atoms with Crippen molar-refractivity contribution in [2.75, 3.05) is 0 Å². The molecule has 1 aromatic carbocycles. The Morgan fingerprint density at radius 3 is 3.11 bits per heavy atom. The van der Waals surface area contributed by atoms with Crippen LogP contribution in [0.15, 0.2) is 34.3 Å². The minimum atomic E-state index is -0.0319. The number of hydrogen-bond acceptors (Lipinski definition) is 3. The number of nitrogens with zero attached hydrogens (tertiary/aromatic N) is 2. The van der Waals surface area contributed by atoms with Gasteiger partial charge in [-0.15, -0.1) is 0 Å². The van der Waals surface area contributed by atoms with Gasteiger partial charge >= 0.3 is 0 Å². The molecule has 0 spiro atoms. The predicted molar refractivity (Wildman–Crippen MR) is 80.0 cm³/mol. The predicted octanol–water partition coefficient (Wildman–Crippen LogP) is 3.71. The fraction of sp³-hybridized carbons (Fsp3) is 0.357. The Labute approximate surface area is 121 Å². The van der Waals surface area contributed by atoms with Crippen LogP contribution in [0.5, 0.6) is 0 Å². The number of aliphatic imine (C=N–C) groups is 2. The van der Waals surface area contributed by atoms with E-state index in [4.69, 9.17) is 11.6 Å². The molecule has 1 fully saturated rings. The first-order valence-corrected chi connectivity index (χ1v) is 7.66. The summed E-state index contributed by atoms with van der Waals surface area (Å²) in [4.78, 5) is 20.4. The molecule has 19 heavy (non-hydrogen) atoms. The van der Waals surface area contributed by atoms with E-state index in [1.54, 1.807) is 0 Å². The standard InChI is InChI=1S/C14H13ClN2OS/c15-10-4-1-3-9(7-10)8-19-14-16-12-6-2-5-11(12)13(18)17-14/h1,3-4,7,11H,2,5-6,8H2. The van der Waals surface area contributed by atoms with Crippen molar-refractivity contribution in [1.29, 1.82) is 0 Å². The summed E-state index contributed by atoms with van der Waals surface area (Å²) >= 11 is 7.44. The molecule has 1 heterocycles. The average molecular weight is 293 g/mol. The van der Waals surface area contributed by atoms with Gasteiger partial charge in [-0.25, -0.2) is 4.99 Å². The van der Waals surface area contributed by atoms with Crippen molar-refractivity contribution < 1.29 is 4.79 Å². The first kappa shape index (κ1) is 12.9. The molecule has 98 valence electrons. The topological polar surface area (TPSA) is 41.8 Å². The van der Waals surface area contributed by atoms with E-state index in [2.05, 4.69) is 9.98 Å². The number of amides is 1. The van der Waals surface area contributed by atoms with E-state index in [9.17, 15) is 4.79 Å². The molecule has 3 nitrogen and oxygen atoms in total. The van der Waals surface area contributed by atoms with Crippen molar-refractivity contribution in [3.63, 3.8) is 0 Å². The number of thioether (sulfide) groups is 1. The zero-order chi connectivity index (χ0) is 13.2. The summed E-state index contributed by atoms with van der Waals surface area (Å²) in [5.41, 5.74) is 2.13. The highest BCUT2D eigenvalue weighted by molar-refractivity contribution is 8.13. The highest BCUT2D eigenvalue weighted by atomic mass is 35.5. The molecule has 0 saturated heterocycles. The largest absolute Gasteiger partial charge is 0.272 e. The molecule has 1 saturated carbocycles. The summed E-state index contributed by atoms with van der Waals surface area (Å²) in [5, 5.41) is 1.32. The number of carbonyl (C=O) groups is 1. The van der Waals surface area contributed by atoms with Crippen LogP contribution in [0.1, 0.15) is 24.8 Å². The summed E-state index contributed by atoms with van der Waals surface area (Å²) in [7, 11) is 0. The third kappa shape index (κ3) is 2.90. The maximum absolute atomic E-state index is 11.8. The Balaban J connectivity index is 1.69. The molecule has 1 unspecified atom stereocenters. The third-order valence-corrected chi connectivity index (χ3v) is 4.48. The number of amidine groups is 1. The van der Waals surface area contributed by atoms with Gasteiger partial charge in [0.1, 0.15) is 0 Å². The van der Waals surface area contributed by atoms with Crippen molar-refractivity contribution in [3.8, 4) is 0 Å². The molecular formula is C14H13ClN2OS. The van der Waals surface area contributed by atoms with Gasteiger partial charge in [0.15, 0.2) is 5.17 Å². The molecular weight excluding hydrogens is 280 g/mol. The number of halogens is 1. The first-order chi connectivity index (χ1) is 9.22. The molecule has 3 rings (SSSR count). The molecule has 0 bridgehead atoms. The lowest BCUT2D eigenvalue weighted by Gasteiger charge is -2.13. The molecule has 5 heteroatoms. The fourth-order valence-electron chi connectivity index (χ4n) is 2.39. The average Bonchev–Trinajstić information content (AvgIpc) is 2.85. The molecule has 0 aromatic heterocycles. The van der Waals surface area contributed by atoms with Crippen LogP contribution in [0.4, 0.5) is 0 Å². The second-order valence-electron chi connectivity index (χ2n) is 4.70. The number of benzene rings is 1. The van der Waals surface area contributed by atoms with Gasteiger partial charge in [0.05, 0.1) is 5.92 Å². The molecule has 1 aliphatic heterocycles. The van der Waals surface area contributed by atoms with Gasteiger partial charge in [-0.3, -0.25) is 4.79 Å². The van der Waals surface area contributed by atoms with Crippen LogP contribution in [0, 0.1) is 5.92 Å². The van der Waals surface area contributed by atoms with Gasteiger partial charge in [-0.1, -0.05) is 35.5 Å². The van der Waals surface area contributed by atoms with E-state index < -0.39 is 0 Å². The van der Waals surface area contributed by atoms with Crippen molar-refractivity contribution in [3.05, 3.63) is 34.9 Å². The highest BCUT2D eigenvalue weighted by Gasteiger charge is 2.32. The molecule has 1 aromatic rings. The van der Waals surface area contributed by atoms with E-state index in [1.165, 1.54) is 11.8 Å². The third-order valence-electron chi connectivity index (χ3n) is 3.33. The van der Waals surface area contributed by atoms with Crippen LogP contribution in [-0.2, 0) is 10.5 Å². The quantitative estimate of drug-likeness (QED) is 0.834. The van der Waals surface area contributed by atoms with Gasteiger partial charge in [0.25, 0.3) is 5.91 Å². The van der Waals surface area contributed by atoms with Gasteiger partial charge in [-0.05, 0) is 37.0 Å². The van der Waals surface area contributed by atoms with Crippen molar-refractivity contribution >= 4 is 40.1 Å². The minimum Gasteiger partial charge on any atom is -0.272 e. The van der Waals surface area contributed by atoms with Gasteiger partial charge < -0.3 is 0 Å². The molecule has 0 N–H and O–H groups in total. The lowest BCUT2D eigenvalue weighted by atomic mass is 10.1. The smallest absolute Gasteiger partial charge is 0.256 e. The second-order valence-corrected chi connectivity index (χ2v) is 6.08. The molecule has 2 aliphatic rings. The lowest BCUT2D eigenvalue weighted by molar-refractivity contribution is -0.119. The van der Waals surface area contributed by atoms with Gasteiger partial charge in [0, 0.05) is 16.5 Å². The van der Waals surface area contributed by atoms with Crippen molar-refractivity contribution in [2.45, 2.75) is 25.0 Å². The minimum absolute atomic E-state index is 0.0175. The summed E-state index contributed by atoms with van der Waals surface area (Å²) in [6, 6.07) is 7.70. The Bertz CT molecular complexity index is 583. The lowest BCUT2D eigenvalue weighted by Crippen LogP contribution is -2.22. The van der Waals surface area contributed by atoms with Crippen LogP contribution < -0.4 is 0 Å². The van der Waals surface area contributed by atoms with Crippen molar-refractivity contribution in [1.82, 2.24) is 0 Å². The normalized spacial score (nSPS) is 21.9. The van der Waals surface area contributed by atoms with E-state index in [0.717, 1.165) is 41.3 Å². The molecule has 1 amide bonds. The maximum atomic E-state index is 11.8. The van der Waals surface area contributed by atoms with Crippen LogP contribution in [0.3, 0.4) is 0 Å². The van der Waals surface area contributed by atoms with E-state index >= 15 is 0 Å².